The lowest BCUT2D eigenvalue weighted by molar-refractivity contribution is 0.0945. The maximum Gasteiger partial charge on any atom is 0.275 e. The fraction of sp³-hybridized carbons (Fsp3) is 0.286. The predicted octanol–water partition coefficient (Wildman–Crippen LogP) is 1.53. The number of hydrogen-bond donors (Lipinski definition) is 3. The molecule has 0 spiro atoms. The molecule has 8 heteroatoms. The SMILES string of the molecule is Cc1cc(F)ccc1-n1cc(O)c(C(=O)NCCCN)n1.Cl. The van der Waals surface area contributed by atoms with Gasteiger partial charge in [-0.25, -0.2) is 9.07 Å². The summed E-state index contributed by atoms with van der Waals surface area (Å²) in [5.74, 6) is -1.06. The van der Waals surface area contributed by atoms with E-state index in [1.807, 2.05) is 0 Å². The number of aromatic hydroxyl groups is 1. The molecule has 0 saturated carbocycles. The van der Waals surface area contributed by atoms with Crippen LogP contribution in [0, 0.1) is 12.7 Å². The normalized spacial score (nSPS) is 10.1. The first-order chi connectivity index (χ1) is 10.0. The van der Waals surface area contributed by atoms with Crippen LogP contribution in [0.2, 0.25) is 0 Å². The van der Waals surface area contributed by atoms with Gasteiger partial charge in [0, 0.05) is 6.54 Å². The Morgan fingerprint density at radius 1 is 1.50 bits per heavy atom. The quantitative estimate of drug-likeness (QED) is 0.726. The lowest BCUT2D eigenvalue weighted by atomic mass is 10.2. The first-order valence-corrected chi connectivity index (χ1v) is 6.56. The van der Waals surface area contributed by atoms with Crippen LogP contribution in [-0.4, -0.2) is 33.9 Å². The van der Waals surface area contributed by atoms with E-state index in [1.54, 1.807) is 6.92 Å². The van der Waals surface area contributed by atoms with Crippen molar-refractivity contribution in [2.24, 2.45) is 5.73 Å². The summed E-state index contributed by atoms with van der Waals surface area (Å²) in [6.45, 7) is 2.60. The molecule has 1 amide bonds. The molecule has 120 valence electrons. The summed E-state index contributed by atoms with van der Waals surface area (Å²) < 4.78 is 14.4. The minimum Gasteiger partial charge on any atom is -0.504 e. The number of carbonyl (C=O) groups excluding carboxylic acids is 1. The van der Waals surface area contributed by atoms with Gasteiger partial charge in [0.1, 0.15) is 5.82 Å². The topological polar surface area (TPSA) is 93.2 Å². The molecule has 2 rings (SSSR count). The van der Waals surface area contributed by atoms with Crippen molar-refractivity contribution in [3.8, 4) is 11.4 Å². The van der Waals surface area contributed by atoms with E-state index in [1.165, 1.54) is 29.1 Å². The van der Waals surface area contributed by atoms with Crippen LogP contribution in [0.3, 0.4) is 0 Å². The van der Waals surface area contributed by atoms with Crippen molar-refractivity contribution in [2.75, 3.05) is 13.1 Å². The zero-order valence-corrected chi connectivity index (χ0v) is 12.9. The van der Waals surface area contributed by atoms with Crippen molar-refractivity contribution in [3.63, 3.8) is 0 Å². The van der Waals surface area contributed by atoms with Crippen LogP contribution in [0.25, 0.3) is 5.69 Å². The predicted molar refractivity (Wildman–Crippen MR) is 83.2 cm³/mol. The Balaban J connectivity index is 0.00000242. The van der Waals surface area contributed by atoms with Gasteiger partial charge in [-0.3, -0.25) is 4.79 Å². The lowest BCUT2D eigenvalue weighted by Gasteiger charge is -2.05. The highest BCUT2D eigenvalue weighted by Crippen LogP contribution is 2.20. The van der Waals surface area contributed by atoms with E-state index in [-0.39, 0.29) is 29.7 Å². The van der Waals surface area contributed by atoms with Crippen molar-refractivity contribution < 1.29 is 14.3 Å². The summed E-state index contributed by atoms with van der Waals surface area (Å²) >= 11 is 0. The third kappa shape index (κ3) is 3.96. The van der Waals surface area contributed by atoms with Crippen molar-refractivity contribution >= 4 is 18.3 Å². The molecule has 0 fully saturated rings. The third-order valence-electron chi connectivity index (χ3n) is 2.98. The van der Waals surface area contributed by atoms with E-state index >= 15 is 0 Å². The standard InChI is InChI=1S/C14H17FN4O2.ClH/c1-9-7-10(15)3-4-11(9)19-8-12(20)13(18-19)14(21)17-6-2-5-16;/h3-4,7-8,20H,2,5-6,16H2,1H3,(H,17,21);1H. The number of hydrogen-bond acceptors (Lipinski definition) is 4. The molecule has 1 heterocycles. The summed E-state index contributed by atoms with van der Waals surface area (Å²) in [5, 5.41) is 16.5. The van der Waals surface area contributed by atoms with E-state index in [4.69, 9.17) is 5.73 Å². The van der Waals surface area contributed by atoms with Gasteiger partial charge in [-0.2, -0.15) is 5.10 Å². The van der Waals surface area contributed by atoms with E-state index in [0.29, 0.717) is 30.8 Å². The smallest absolute Gasteiger partial charge is 0.275 e. The molecule has 0 aliphatic heterocycles. The maximum atomic E-state index is 13.1. The molecule has 4 N–H and O–H groups in total. The van der Waals surface area contributed by atoms with Crippen LogP contribution in [0.1, 0.15) is 22.5 Å². The molecular formula is C14H18ClFN4O2. The van der Waals surface area contributed by atoms with Crippen molar-refractivity contribution in [2.45, 2.75) is 13.3 Å². The number of aromatic nitrogens is 2. The van der Waals surface area contributed by atoms with Gasteiger partial charge in [0.2, 0.25) is 0 Å². The van der Waals surface area contributed by atoms with Crippen LogP contribution in [0.5, 0.6) is 5.75 Å². The number of nitrogens with one attached hydrogen (secondary N) is 1. The van der Waals surface area contributed by atoms with Crippen molar-refractivity contribution in [1.29, 1.82) is 0 Å². The third-order valence-corrected chi connectivity index (χ3v) is 2.98. The fourth-order valence-electron chi connectivity index (χ4n) is 1.91. The van der Waals surface area contributed by atoms with E-state index < -0.39 is 5.91 Å². The summed E-state index contributed by atoms with van der Waals surface area (Å²) in [4.78, 5) is 11.9. The first-order valence-electron chi connectivity index (χ1n) is 6.56. The Hall–Kier alpha value is -2.12. The van der Waals surface area contributed by atoms with Gasteiger partial charge < -0.3 is 16.2 Å². The average Bonchev–Trinajstić information content (AvgIpc) is 2.80. The molecule has 0 saturated heterocycles. The Labute approximate surface area is 133 Å². The van der Waals surface area contributed by atoms with Crippen molar-refractivity contribution in [1.82, 2.24) is 15.1 Å². The molecule has 0 atom stereocenters. The molecule has 0 bridgehead atoms. The number of nitrogens with zero attached hydrogens (tertiary/aromatic N) is 2. The van der Waals surface area contributed by atoms with E-state index in [2.05, 4.69) is 10.4 Å². The molecule has 6 nitrogen and oxygen atoms in total. The second-order valence-electron chi connectivity index (χ2n) is 4.64. The Bertz CT molecular complexity index is 660. The van der Waals surface area contributed by atoms with Crippen LogP contribution in [0.15, 0.2) is 24.4 Å². The Morgan fingerprint density at radius 2 is 2.23 bits per heavy atom. The number of halogens is 2. The zero-order chi connectivity index (χ0) is 15.4. The van der Waals surface area contributed by atoms with Crippen LogP contribution >= 0.6 is 12.4 Å². The Kier molecular flexibility index (Phi) is 6.33. The number of amides is 1. The van der Waals surface area contributed by atoms with Crippen LogP contribution in [-0.2, 0) is 0 Å². The second kappa shape index (κ2) is 7.77. The molecule has 1 aromatic heterocycles. The van der Waals surface area contributed by atoms with Gasteiger partial charge in [-0.15, -0.1) is 12.4 Å². The van der Waals surface area contributed by atoms with Gasteiger partial charge in [0.15, 0.2) is 11.4 Å². The molecule has 0 aliphatic carbocycles. The summed E-state index contributed by atoms with van der Waals surface area (Å²) in [5.41, 5.74) is 6.50. The highest BCUT2D eigenvalue weighted by atomic mass is 35.5. The molecule has 0 aliphatic rings. The maximum absolute atomic E-state index is 13.1. The molecule has 22 heavy (non-hydrogen) atoms. The molecular weight excluding hydrogens is 311 g/mol. The summed E-state index contributed by atoms with van der Waals surface area (Å²) in [6, 6.07) is 4.18. The van der Waals surface area contributed by atoms with Crippen LogP contribution < -0.4 is 11.1 Å². The fourth-order valence-corrected chi connectivity index (χ4v) is 1.91. The number of aryl methyl sites for hydroxylation is 1. The zero-order valence-electron chi connectivity index (χ0n) is 12.0. The molecule has 2 aromatic rings. The number of benzene rings is 1. The van der Waals surface area contributed by atoms with Crippen molar-refractivity contribution in [3.05, 3.63) is 41.5 Å². The summed E-state index contributed by atoms with van der Waals surface area (Å²) in [6.07, 6.45) is 1.96. The highest BCUT2D eigenvalue weighted by molar-refractivity contribution is 5.94. The minimum atomic E-state index is -0.473. The summed E-state index contributed by atoms with van der Waals surface area (Å²) in [7, 11) is 0. The minimum absolute atomic E-state index is 0. The second-order valence-corrected chi connectivity index (χ2v) is 4.64. The van der Waals surface area contributed by atoms with Gasteiger partial charge in [-0.1, -0.05) is 0 Å². The average molecular weight is 329 g/mol. The number of nitrogens with two attached hydrogens (primary N) is 1. The Morgan fingerprint density at radius 3 is 2.86 bits per heavy atom. The lowest BCUT2D eigenvalue weighted by Crippen LogP contribution is -2.26. The largest absolute Gasteiger partial charge is 0.504 e. The molecule has 1 aromatic carbocycles. The number of rotatable bonds is 5. The van der Waals surface area contributed by atoms with E-state index in [9.17, 15) is 14.3 Å². The van der Waals surface area contributed by atoms with Gasteiger partial charge in [-0.05, 0) is 43.7 Å². The first kappa shape index (κ1) is 17.9. The van der Waals surface area contributed by atoms with Gasteiger partial charge >= 0.3 is 0 Å². The van der Waals surface area contributed by atoms with E-state index in [0.717, 1.165) is 0 Å². The van der Waals surface area contributed by atoms with Gasteiger partial charge in [0.05, 0.1) is 11.9 Å². The van der Waals surface area contributed by atoms with Gasteiger partial charge in [0.25, 0.3) is 5.91 Å². The molecule has 0 radical (unpaired) electrons. The van der Waals surface area contributed by atoms with Crippen LogP contribution in [0.4, 0.5) is 4.39 Å². The number of carbonyl (C=O) groups is 1. The monoisotopic (exact) mass is 328 g/mol. The molecule has 0 unspecified atom stereocenters. The highest BCUT2D eigenvalue weighted by Gasteiger charge is 2.17.